The summed E-state index contributed by atoms with van der Waals surface area (Å²) in [5, 5.41) is 16.8. The van der Waals surface area contributed by atoms with Gasteiger partial charge in [-0.05, 0) is 30.5 Å². The lowest BCUT2D eigenvalue weighted by atomic mass is 9.97. The van der Waals surface area contributed by atoms with Gasteiger partial charge in [0.25, 0.3) is 0 Å². The zero-order valence-electron chi connectivity index (χ0n) is 13.3. The average molecular weight is 337 g/mol. The maximum absolute atomic E-state index is 12.1. The number of ether oxygens (including phenoxy) is 1. The normalized spacial score (nSPS) is 20.8. The van der Waals surface area contributed by atoms with Crippen LogP contribution in [0.25, 0.3) is 0 Å². The number of rotatable bonds is 5. The van der Waals surface area contributed by atoms with Crippen LogP contribution in [0.2, 0.25) is 0 Å². The van der Waals surface area contributed by atoms with E-state index in [0.29, 0.717) is 19.4 Å². The molecule has 2 aliphatic rings. The van der Waals surface area contributed by atoms with Crippen LogP contribution in [0.3, 0.4) is 0 Å². The summed E-state index contributed by atoms with van der Waals surface area (Å²) in [6, 6.07) is 9.85. The number of aromatic nitrogens is 3. The molecule has 126 valence electrons. The Kier molecular flexibility index (Phi) is 3.50. The Hall–Kier alpha value is -3.21. The van der Waals surface area contributed by atoms with Gasteiger partial charge in [-0.1, -0.05) is 17.3 Å². The van der Waals surface area contributed by atoms with Crippen molar-refractivity contribution < 1.29 is 14.3 Å². The molecule has 25 heavy (non-hydrogen) atoms. The number of cyclic esters (lactones) is 1. The molecule has 1 saturated carbocycles. The van der Waals surface area contributed by atoms with E-state index < -0.39 is 6.09 Å². The molecule has 2 fully saturated rings. The largest absolute Gasteiger partial charge is 0.442 e. The topological polar surface area (TPSA) is 101 Å². The summed E-state index contributed by atoms with van der Waals surface area (Å²) < 4.78 is 6.85. The molecule has 8 nitrogen and oxygen atoms in total. The van der Waals surface area contributed by atoms with Crippen LogP contribution >= 0.6 is 0 Å². The highest BCUT2D eigenvalue weighted by Crippen LogP contribution is 2.47. The second kappa shape index (κ2) is 5.70. The molecule has 0 bridgehead atoms. The second-order valence-corrected chi connectivity index (χ2v) is 6.34. The van der Waals surface area contributed by atoms with E-state index in [0.717, 1.165) is 24.1 Å². The first kappa shape index (κ1) is 15.3. The quantitative estimate of drug-likeness (QED) is 0.769. The van der Waals surface area contributed by atoms with Gasteiger partial charge in [0.1, 0.15) is 11.8 Å². The Labute approximate surface area is 143 Å². The lowest BCUT2D eigenvalue weighted by Gasteiger charge is -2.14. The molecular weight excluding hydrogens is 322 g/mol. The third-order valence-electron chi connectivity index (χ3n) is 4.64. The molecular formula is C17H15N5O3. The number of hydrogen-bond donors (Lipinski definition) is 0. The minimum Gasteiger partial charge on any atom is -0.442 e. The first-order valence-electron chi connectivity index (χ1n) is 7.99. The molecule has 0 N–H and O–H groups in total. The van der Waals surface area contributed by atoms with Gasteiger partial charge in [-0.3, -0.25) is 9.69 Å². The summed E-state index contributed by atoms with van der Waals surface area (Å²) >= 11 is 0. The Bertz CT molecular complexity index is 863. The van der Waals surface area contributed by atoms with Crippen LogP contribution < -0.4 is 4.90 Å². The summed E-state index contributed by atoms with van der Waals surface area (Å²) in [6.07, 6.45) is 3.10. The van der Waals surface area contributed by atoms with Crippen molar-refractivity contribution in [2.24, 2.45) is 0 Å². The van der Waals surface area contributed by atoms with Crippen molar-refractivity contribution in [3.63, 3.8) is 0 Å². The van der Waals surface area contributed by atoms with Crippen molar-refractivity contribution in [3.8, 4) is 6.07 Å². The van der Waals surface area contributed by atoms with Crippen LogP contribution in [0.4, 0.5) is 10.5 Å². The van der Waals surface area contributed by atoms with Gasteiger partial charge in [0.05, 0.1) is 30.8 Å². The van der Waals surface area contributed by atoms with E-state index >= 15 is 0 Å². The Morgan fingerprint density at radius 2 is 2.12 bits per heavy atom. The number of nitrogens with zero attached hydrogens (tertiary/aromatic N) is 5. The van der Waals surface area contributed by atoms with Crippen molar-refractivity contribution >= 4 is 18.1 Å². The lowest BCUT2D eigenvalue weighted by Crippen LogP contribution is -2.26. The van der Waals surface area contributed by atoms with E-state index in [4.69, 9.17) is 4.74 Å². The zero-order chi connectivity index (χ0) is 17.4. The molecule has 4 rings (SSSR count). The summed E-state index contributed by atoms with van der Waals surface area (Å²) in [5.74, 6) is 0. The molecule has 0 radical (unpaired) electrons. The smallest absolute Gasteiger partial charge is 0.414 e. The van der Waals surface area contributed by atoms with Crippen molar-refractivity contribution in [3.05, 3.63) is 41.7 Å². The third-order valence-corrected chi connectivity index (χ3v) is 4.64. The lowest BCUT2D eigenvalue weighted by molar-refractivity contribution is 0.111. The highest BCUT2D eigenvalue weighted by molar-refractivity contribution is 5.89. The summed E-state index contributed by atoms with van der Waals surface area (Å²) in [6.45, 7) is 0.719. The Balaban J connectivity index is 1.45. The van der Waals surface area contributed by atoms with E-state index in [-0.39, 0.29) is 17.2 Å². The molecule has 1 amide bonds. The van der Waals surface area contributed by atoms with Crippen molar-refractivity contribution in [2.45, 2.75) is 30.9 Å². The van der Waals surface area contributed by atoms with Crippen LogP contribution in [0.15, 0.2) is 30.5 Å². The summed E-state index contributed by atoms with van der Waals surface area (Å²) in [5.41, 5.74) is 1.63. The van der Waals surface area contributed by atoms with Crippen molar-refractivity contribution in [1.82, 2.24) is 15.0 Å². The standard InChI is InChI=1S/C17H15N5O3/c18-11-17(5-6-17)12-1-3-14(4-2-12)22-9-15(25-16(22)24)8-21-7-13(10-23)19-20-21/h1-4,7,10,15H,5-6,8-9H2. The molecule has 8 heteroatoms. The first-order valence-corrected chi connectivity index (χ1v) is 7.99. The first-order chi connectivity index (χ1) is 12.1. The molecule has 1 aliphatic heterocycles. The van der Waals surface area contributed by atoms with Gasteiger partial charge in [0.2, 0.25) is 0 Å². The van der Waals surface area contributed by atoms with E-state index in [1.165, 1.54) is 10.9 Å². The number of hydrogen-bond acceptors (Lipinski definition) is 6. The van der Waals surface area contributed by atoms with Crippen LogP contribution in [0, 0.1) is 11.3 Å². The molecule has 2 heterocycles. The molecule has 1 aromatic carbocycles. The molecule has 2 aromatic rings. The number of nitriles is 1. The zero-order valence-corrected chi connectivity index (χ0v) is 13.3. The van der Waals surface area contributed by atoms with Crippen molar-refractivity contribution in [1.29, 1.82) is 5.26 Å². The number of carbonyl (C=O) groups excluding carboxylic acids is 2. The molecule has 1 aliphatic carbocycles. The minimum absolute atomic E-state index is 0.239. The molecule has 1 aromatic heterocycles. The summed E-state index contributed by atoms with van der Waals surface area (Å²) in [7, 11) is 0. The number of benzene rings is 1. The molecule has 1 unspecified atom stereocenters. The Morgan fingerprint density at radius 3 is 2.72 bits per heavy atom. The molecule has 1 atom stereocenters. The maximum Gasteiger partial charge on any atom is 0.414 e. The van der Waals surface area contributed by atoms with Gasteiger partial charge in [0.15, 0.2) is 6.29 Å². The van der Waals surface area contributed by atoms with E-state index in [1.807, 2.05) is 24.3 Å². The molecule has 0 spiro atoms. The minimum atomic E-state index is -0.421. The van der Waals surface area contributed by atoms with Crippen LogP contribution in [-0.4, -0.2) is 40.0 Å². The predicted molar refractivity (Wildman–Crippen MR) is 86.0 cm³/mol. The number of amides is 1. The maximum atomic E-state index is 12.1. The van der Waals surface area contributed by atoms with Gasteiger partial charge in [-0.15, -0.1) is 5.10 Å². The fourth-order valence-corrected chi connectivity index (χ4v) is 3.04. The van der Waals surface area contributed by atoms with Gasteiger partial charge in [-0.2, -0.15) is 5.26 Å². The number of aldehydes is 1. The number of carbonyl (C=O) groups is 2. The van der Waals surface area contributed by atoms with Gasteiger partial charge in [-0.25, -0.2) is 9.48 Å². The van der Waals surface area contributed by atoms with Crippen LogP contribution in [0.1, 0.15) is 28.9 Å². The number of anilines is 1. The molecule has 1 saturated heterocycles. The van der Waals surface area contributed by atoms with Crippen LogP contribution in [0.5, 0.6) is 0 Å². The predicted octanol–water partition coefficient (Wildman–Crippen LogP) is 1.67. The van der Waals surface area contributed by atoms with Gasteiger partial charge < -0.3 is 4.74 Å². The van der Waals surface area contributed by atoms with Crippen molar-refractivity contribution in [2.75, 3.05) is 11.4 Å². The highest BCUT2D eigenvalue weighted by Gasteiger charge is 2.45. The fourth-order valence-electron chi connectivity index (χ4n) is 3.04. The van der Waals surface area contributed by atoms with Gasteiger partial charge in [0, 0.05) is 5.69 Å². The second-order valence-electron chi connectivity index (χ2n) is 6.34. The fraction of sp³-hybridized carbons (Fsp3) is 0.353. The van der Waals surface area contributed by atoms with E-state index in [1.54, 1.807) is 4.90 Å². The van der Waals surface area contributed by atoms with Gasteiger partial charge >= 0.3 is 6.09 Å². The summed E-state index contributed by atoms with van der Waals surface area (Å²) in [4.78, 5) is 24.3. The average Bonchev–Trinajstić information content (AvgIpc) is 3.17. The third kappa shape index (κ3) is 2.74. The SMILES string of the molecule is N#CC1(c2ccc(N3CC(Cn4cc(C=O)nn4)OC3=O)cc2)CC1. The monoisotopic (exact) mass is 337 g/mol. The van der Waals surface area contributed by atoms with E-state index in [2.05, 4.69) is 16.4 Å². The van der Waals surface area contributed by atoms with Crippen LogP contribution in [-0.2, 0) is 16.7 Å². The highest BCUT2D eigenvalue weighted by atomic mass is 16.6. The Morgan fingerprint density at radius 1 is 1.36 bits per heavy atom. The van der Waals surface area contributed by atoms with E-state index in [9.17, 15) is 14.9 Å².